The Labute approximate surface area is 178 Å². The van der Waals surface area contributed by atoms with Crippen molar-refractivity contribution in [2.24, 2.45) is 0 Å². The fourth-order valence-electron chi connectivity index (χ4n) is 2.97. The number of amides is 1. The molecule has 1 aromatic carbocycles. The Morgan fingerprint density at radius 1 is 1.13 bits per heavy atom. The number of benzene rings is 1. The summed E-state index contributed by atoms with van der Waals surface area (Å²) in [5.74, 6) is -1.60. The van der Waals surface area contributed by atoms with E-state index >= 15 is 0 Å². The number of hydrogen-bond acceptors (Lipinski definition) is 7. The fourth-order valence-corrected chi connectivity index (χ4v) is 5.11. The van der Waals surface area contributed by atoms with E-state index in [1.165, 1.54) is 46.8 Å². The van der Waals surface area contributed by atoms with Crippen LogP contribution in [-0.4, -0.2) is 56.1 Å². The van der Waals surface area contributed by atoms with Gasteiger partial charge in [-0.2, -0.15) is 4.31 Å². The minimum Gasteiger partial charge on any atom is -0.456 e. The lowest BCUT2D eigenvalue weighted by Gasteiger charge is -2.15. The van der Waals surface area contributed by atoms with Crippen molar-refractivity contribution in [2.45, 2.75) is 30.7 Å². The van der Waals surface area contributed by atoms with Crippen molar-refractivity contribution in [2.75, 3.05) is 19.7 Å². The van der Waals surface area contributed by atoms with E-state index < -0.39 is 40.3 Å². The summed E-state index contributed by atoms with van der Waals surface area (Å²) in [5, 5.41) is 4.26. The number of rotatable bonds is 8. The number of Topliss-reactive ketones (excluding diaryl/α,β-unsaturated/α-hetero) is 1. The number of nitrogens with one attached hydrogen (secondary N) is 1. The molecule has 0 radical (unpaired) electrons. The highest BCUT2D eigenvalue weighted by Gasteiger charge is 2.27. The van der Waals surface area contributed by atoms with E-state index in [9.17, 15) is 22.8 Å². The topological polar surface area (TPSA) is 110 Å². The van der Waals surface area contributed by atoms with E-state index in [1.54, 1.807) is 17.5 Å². The molecule has 8 nitrogen and oxygen atoms in total. The number of carbonyl (C=O) groups is 3. The first-order valence-corrected chi connectivity index (χ1v) is 11.8. The van der Waals surface area contributed by atoms with Crippen molar-refractivity contribution < 1.29 is 27.5 Å². The molecule has 10 heteroatoms. The first-order chi connectivity index (χ1) is 14.3. The van der Waals surface area contributed by atoms with Crippen LogP contribution in [0.1, 0.15) is 39.8 Å². The van der Waals surface area contributed by atoms with Crippen LogP contribution in [0.2, 0.25) is 0 Å². The van der Waals surface area contributed by atoms with Gasteiger partial charge in [0.05, 0.1) is 9.77 Å². The van der Waals surface area contributed by atoms with Gasteiger partial charge in [-0.3, -0.25) is 9.59 Å². The molecule has 0 aliphatic carbocycles. The highest BCUT2D eigenvalue weighted by atomic mass is 32.2. The molecule has 1 fully saturated rings. The lowest BCUT2D eigenvalue weighted by molar-refractivity contribution is -0.144. The highest BCUT2D eigenvalue weighted by molar-refractivity contribution is 7.89. The van der Waals surface area contributed by atoms with Gasteiger partial charge in [0.15, 0.2) is 12.4 Å². The molecule has 0 bridgehead atoms. The highest BCUT2D eigenvalue weighted by Crippen LogP contribution is 2.21. The first-order valence-electron chi connectivity index (χ1n) is 9.43. The molecule has 2 heterocycles. The number of esters is 1. The summed E-state index contributed by atoms with van der Waals surface area (Å²) in [6, 6.07) is 8.01. The predicted octanol–water partition coefficient (Wildman–Crippen LogP) is 2.08. The Morgan fingerprint density at radius 2 is 1.80 bits per heavy atom. The Kier molecular flexibility index (Phi) is 7.01. The second kappa shape index (κ2) is 9.50. The molecule has 1 unspecified atom stereocenters. The maximum absolute atomic E-state index is 12.5. The van der Waals surface area contributed by atoms with Gasteiger partial charge in [0, 0.05) is 18.7 Å². The van der Waals surface area contributed by atoms with Gasteiger partial charge in [-0.25, -0.2) is 13.2 Å². The number of carbonyl (C=O) groups excluding carboxylic acids is 3. The summed E-state index contributed by atoms with van der Waals surface area (Å²) in [6.45, 7) is 1.97. The normalized spacial score (nSPS) is 15.5. The van der Waals surface area contributed by atoms with Gasteiger partial charge >= 0.3 is 5.97 Å². The van der Waals surface area contributed by atoms with Gasteiger partial charge in [-0.1, -0.05) is 6.07 Å². The zero-order valence-electron chi connectivity index (χ0n) is 16.4. The van der Waals surface area contributed by atoms with Gasteiger partial charge in [-0.15, -0.1) is 11.3 Å². The smallest absolute Gasteiger partial charge is 0.328 e. The zero-order valence-corrected chi connectivity index (χ0v) is 18.0. The standard InChI is InChI=1S/C20H22N2O6S2/c1-14(21-19(24)18-5-4-12-29-18)20(25)28-13-17(23)15-6-8-16(9-7-15)30(26,27)22-10-2-3-11-22/h4-9,12,14H,2-3,10-11,13H2,1H3,(H,21,24). The summed E-state index contributed by atoms with van der Waals surface area (Å²) in [4.78, 5) is 36.9. The second-order valence-corrected chi connectivity index (χ2v) is 9.72. The van der Waals surface area contributed by atoms with Gasteiger partial charge in [0.1, 0.15) is 6.04 Å². The van der Waals surface area contributed by atoms with Gasteiger partial charge < -0.3 is 10.1 Å². The number of ketones is 1. The lowest BCUT2D eigenvalue weighted by atomic mass is 10.1. The van der Waals surface area contributed by atoms with Crippen LogP contribution in [0, 0.1) is 0 Å². The largest absolute Gasteiger partial charge is 0.456 e. The molecule has 30 heavy (non-hydrogen) atoms. The molecule has 1 aliphatic heterocycles. The van der Waals surface area contributed by atoms with Crippen LogP contribution < -0.4 is 5.32 Å². The zero-order chi connectivity index (χ0) is 21.7. The van der Waals surface area contributed by atoms with Crippen molar-refractivity contribution in [1.82, 2.24) is 9.62 Å². The van der Waals surface area contributed by atoms with Crippen LogP contribution in [0.25, 0.3) is 0 Å². The quantitative estimate of drug-likeness (QED) is 0.487. The average Bonchev–Trinajstić information content (AvgIpc) is 3.46. The Hall–Kier alpha value is -2.56. The Balaban J connectivity index is 1.53. The van der Waals surface area contributed by atoms with Crippen molar-refractivity contribution in [1.29, 1.82) is 0 Å². The maximum Gasteiger partial charge on any atom is 0.328 e. The van der Waals surface area contributed by atoms with Gasteiger partial charge in [-0.05, 0) is 55.5 Å². The lowest BCUT2D eigenvalue weighted by Crippen LogP contribution is -2.39. The van der Waals surface area contributed by atoms with E-state index in [1.807, 2.05) is 0 Å². The maximum atomic E-state index is 12.5. The molecule has 1 N–H and O–H groups in total. The molecule has 3 rings (SSSR count). The minimum atomic E-state index is -3.55. The van der Waals surface area contributed by atoms with Gasteiger partial charge in [0.25, 0.3) is 5.91 Å². The number of ether oxygens (including phenoxy) is 1. The number of hydrogen-bond donors (Lipinski definition) is 1. The van der Waals surface area contributed by atoms with Crippen molar-refractivity contribution in [3.8, 4) is 0 Å². The predicted molar refractivity (Wildman–Crippen MR) is 111 cm³/mol. The summed E-state index contributed by atoms with van der Waals surface area (Å²) in [5.41, 5.74) is 0.235. The third-order valence-electron chi connectivity index (χ3n) is 4.67. The Morgan fingerprint density at radius 3 is 2.40 bits per heavy atom. The Bertz CT molecular complexity index is 1010. The van der Waals surface area contributed by atoms with Crippen molar-refractivity contribution in [3.63, 3.8) is 0 Å². The van der Waals surface area contributed by atoms with Crippen LogP contribution >= 0.6 is 11.3 Å². The van der Waals surface area contributed by atoms with E-state index in [-0.39, 0.29) is 10.5 Å². The third kappa shape index (κ3) is 5.13. The van der Waals surface area contributed by atoms with Crippen molar-refractivity contribution in [3.05, 3.63) is 52.2 Å². The first kappa shape index (κ1) is 22.1. The molecule has 1 aromatic heterocycles. The molecule has 1 aliphatic rings. The molecule has 0 spiro atoms. The number of nitrogens with zero attached hydrogens (tertiary/aromatic N) is 1. The SMILES string of the molecule is CC(NC(=O)c1cccs1)C(=O)OCC(=O)c1ccc(S(=O)(=O)N2CCCC2)cc1. The molecular formula is C20H22N2O6S2. The summed E-state index contributed by atoms with van der Waals surface area (Å²) in [6.07, 6.45) is 1.68. The molecule has 1 saturated heterocycles. The third-order valence-corrected chi connectivity index (χ3v) is 7.45. The average molecular weight is 451 g/mol. The summed E-state index contributed by atoms with van der Waals surface area (Å²) in [7, 11) is -3.55. The molecule has 1 amide bonds. The molecule has 160 valence electrons. The summed E-state index contributed by atoms with van der Waals surface area (Å²) >= 11 is 1.25. The van der Waals surface area contributed by atoms with Crippen molar-refractivity contribution >= 4 is 39.0 Å². The van der Waals surface area contributed by atoms with E-state index in [4.69, 9.17) is 4.74 Å². The van der Waals surface area contributed by atoms with Crippen LogP contribution in [0.5, 0.6) is 0 Å². The molecular weight excluding hydrogens is 428 g/mol. The van der Waals surface area contributed by atoms with E-state index in [2.05, 4.69) is 5.32 Å². The second-order valence-electron chi connectivity index (χ2n) is 6.84. The number of sulfonamides is 1. The van der Waals surface area contributed by atoms with E-state index in [0.29, 0.717) is 18.0 Å². The van der Waals surface area contributed by atoms with Crippen LogP contribution in [0.15, 0.2) is 46.7 Å². The monoisotopic (exact) mass is 450 g/mol. The van der Waals surface area contributed by atoms with Gasteiger partial charge in [0.2, 0.25) is 10.0 Å². The van der Waals surface area contributed by atoms with Crippen LogP contribution in [0.4, 0.5) is 0 Å². The summed E-state index contributed by atoms with van der Waals surface area (Å²) < 4.78 is 31.5. The molecule has 1 atom stereocenters. The van der Waals surface area contributed by atoms with Crippen LogP contribution in [0.3, 0.4) is 0 Å². The van der Waals surface area contributed by atoms with Crippen LogP contribution in [-0.2, 0) is 19.6 Å². The molecule has 0 saturated carbocycles. The number of thiophene rings is 1. The fraction of sp³-hybridized carbons (Fsp3) is 0.350. The minimum absolute atomic E-state index is 0.128. The van der Waals surface area contributed by atoms with E-state index in [0.717, 1.165) is 12.8 Å². The molecule has 2 aromatic rings.